The zero-order valence-corrected chi connectivity index (χ0v) is 18.9. The lowest BCUT2D eigenvalue weighted by molar-refractivity contribution is -0.106. The second kappa shape index (κ2) is 14.1. The molecule has 1 aliphatic rings. The van der Waals surface area contributed by atoms with Crippen LogP contribution in [0.3, 0.4) is 0 Å². The summed E-state index contributed by atoms with van der Waals surface area (Å²) < 4.78 is 0. The molecule has 31 heavy (non-hydrogen) atoms. The number of allylic oxidation sites excluding steroid dienone is 2. The number of aliphatic hydroxyl groups is 1. The van der Waals surface area contributed by atoms with Crippen molar-refractivity contribution in [2.75, 3.05) is 13.1 Å². The highest BCUT2D eigenvalue weighted by atomic mass is 16.7. The molecule has 1 aromatic rings. The van der Waals surface area contributed by atoms with Gasteiger partial charge in [0.1, 0.15) is 11.4 Å². The fourth-order valence-electron chi connectivity index (χ4n) is 3.13. The molecule has 1 heterocycles. The Morgan fingerprint density at radius 3 is 2.68 bits per heavy atom. The molecular formula is C25H35N3O3. The molecule has 1 atom stereocenters. The van der Waals surface area contributed by atoms with E-state index < -0.39 is 0 Å². The van der Waals surface area contributed by atoms with E-state index in [-0.39, 0.29) is 17.8 Å². The number of benzene rings is 1. The van der Waals surface area contributed by atoms with Gasteiger partial charge in [-0.25, -0.2) is 0 Å². The van der Waals surface area contributed by atoms with Crippen LogP contribution in [-0.4, -0.2) is 35.9 Å². The van der Waals surface area contributed by atoms with E-state index in [0.717, 1.165) is 55.6 Å². The Balaban J connectivity index is 0.00000151. The van der Waals surface area contributed by atoms with Gasteiger partial charge in [0.05, 0.1) is 5.71 Å². The molecule has 6 heteroatoms. The van der Waals surface area contributed by atoms with Crippen molar-refractivity contribution in [3.05, 3.63) is 58.9 Å². The number of aryl methyl sites for hydroxylation is 1. The lowest BCUT2D eigenvalue weighted by atomic mass is 9.88. The number of nitrogens with one attached hydrogen (secondary N) is 1. The molecule has 0 saturated heterocycles. The fourth-order valence-corrected chi connectivity index (χ4v) is 3.13. The second-order valence-electron chi connectivity index (χ2n) is 7.58. The molecule has 0 spiro atoms. The first-order chi connectivity index (χ1) is 14.9. The lowest BCUT2D eigenvalue weighted by Crippen LogP contribution is -2.33. The highest BCUT2D eigenvalue weighted by molar-refractivity contribution is 6.01. The maximum absolute atomic E-state index is 9.84. The van der Waals surface area contributed by atoms with Crippen LogP contribution in [0, 0.1) is 19.3 Å². The number of carbonyl (C=O) groups is 1. The molecule has 0 saturated carbocycles. The van der Waals surface area contributed by atoms with E-state index in [1.54, 1.807) is 6.08 Å². The van der Waals surface area contributed by atoms with Crippen molar-refractivity contribution in [1.82, 2.24) is 5.32 Å². The van der Waals surface area contributed by atoms with Crippen LogP contribution in [0.4, 0.5) is 0 Å². The number of primary amides is 1. The summed E-state index contributed by atoms with van der Waals surface area (Å²) in [6.07, 6.45) is 13.2. The summed E-state index contributed by atoms with van der Waals surface area (Å²) in [5.41, 5.74) is 8.20. The monoisotopic (exact) mass is 425 g/mol. The van der Waals surface area contributed by atoms with Crippen LogP contribution in [0.25, 0.3) is 0 Å². The van der Waals surface area contributed by atoms with Crippen LogP contribution in [0.2, 0.25) is 0 Å². The predicted molar refractivity (Wildman–Crippen MR) is 127 cm³/mol. The van der Waals surface area contributed by atoms with Crippen molar-refractivity contribution in [2.45, 2.75) is 58.5 Å². The van der Waals surface area contributed by atoms with E-state index in [9.17, 15) is 5.11 Å². The van der Waals surface area contributed by atoms with Crippen LogP contribution in [-0.2, 0) is 9.63 Å². The minimum absolute atomic E-state index is 0.212. The summed E-state index contributed by atoms with van der Waals surface area (Å²) in [7, 11) is 0. The molecular weight excluding hydrogens is 390 g/mol. The lowest BCUT2D eigenvalue weighted by Gasteiger charge is -2.25. The average molecular weight is 426 g/mol. The van der Waals surface area contributed by atoms with Gasteiger partial charge in [-0.2, -0.15) is 0 Å². The molecule has 1 aromatic carbocycles. The maximum Gasteiger partial charge on any atom is 0.204 e. The van der Waals surface area contributed by atoms with Gasteiger partial charge in [-0.05, 0) is 57.0 Å². The minimum Gasteiger partial charge on any atom is -0.508 e. The minimum atomic E-state index is -0.212. The summed E-state index contributed by atoms with van der Waals surface area (Å²) in [4.78, 5) is 14.5. The first-order valence-corrected chi connectivity index (χ1v) is 10.6. The summed E-state index contributed by atoms with van der Waals surface area (Å²) in [6.45, 7) is 7.81. The van der Waals surface area contributed by atoms with E-state index in [2.05, 4.69) is 60.2 Å². The van der Waals surface area contributed by atoms with Gasteiger partial charge >= 0.3 is 0 Å². The van der Waals surface area contributed by atoms with Gasteiger partial charge in [-0.15, -0.1) is 12.3 Å². The van der Waals surface area contributed by atoms with Gasteiger partial charge < -0.3 is 21.0 Å². The number of amides is 1. The van der Waals surface area contributed by atoms with Crippen molar-refractivity contribution < 1.29 is 14.7 Å². The number of hydrogen-bond donors (Lipinski definition) is 3. The second-order valence-corrected chi connectivity index (χ2v) is 7.58. The standard InChI is InChI=1S/C24H32N2O2.CH3NO/c1-5-9-20(4)23(27)10-7-8-16-25-17-15-24(6-2)18-22(26-28-24)21-13-11-19(3)12-14-21;2-1-3/h1,7,10-14,25,27H,6,8-9,15-18H2,2-4H3;1H,(H2,2,3)/b10-7-,23-20+;. The largest absolute Gasteiger partial charge is 0.508 e. The third kappa shape index (κ3) is 9.10. The van der Waals surface area contributed by atoms with Crippen LogP contribution in [0.15, 0.2) is 52.9 Å². The Morgan fingerprint density at radius 1 is 1.39 bits per heavy atom. The Kier molecular flexibility index (Phi) is 11.8. The third-order valence-corrected chi connectivity index (χ3v) is 5.19. The van der Waals surface area contributed by atoms with Crippen LogP contribution in [0.1, 0.15) is 57.1 Å². The summed E-state index contributed by atoms with van der Waals surface area (Å²) in [6, 6.07) is 8.45. The van der Waals surface area contributed by atoms with Crippen LogP contribution < -0.4 is 11.1 Å². The van der Waals surface area contributed by atoms with Crippen LogP contribution >= 0.6 is 0 Å². The SMILES string of the molecule is C#CC/C(C)=C(O)\C=C/CCNCCC1(CC)CC(c2ccc(C)cc2)=NO1.NC=O. The van der Waals surface area contributed by atoms with E-state index >= 15 is 0 Å². The van der Waals surface area contributed by atoms with E-state index in [4.69, 9.17) is 16.1 Å². The van der Waals surface area contributed by atoms with Crippen molar-refractivity contribution >= 4 is 12.1 Å². The molecule has 0 aliphatic carbocycles. The number of rotatable bonds is 10. The molecule has 6 nitrogen and oxygen atoms in total. The molecule has 168 valence electrons. The summed E-state index contributed by atoms with van der Waals surface area (Å²) >= 11 is 0. The fraction of sp³-hybridized carbons (Fsp3) is 0.440. The van der Waals surface area contributed by atoms with E-state index in [1.165, 1.54) is 5.56 Å². The van der Waals surface area contributed by atoms with E-state index in [1.807, 2.05) is 13.0 Å². The zero-order chi connectivity index (χ0) is 23.1. The first kappa shape index (κ1) is 26.0. The normalized spacial score (nSPS) is 18.3. The Bertz CT molecular complexity index is 819. The molecule has 0 bridgehead atoms. The summed E-state index contributed by atoms with van der Waals surface area (Å²) in [5, 5.41) is 17.7. The number of terminal acetylenes is 1. The number of nitrogens with zero attached hydrogens (tertiary/aromatic N) is 1. The molecule has 0 aromatic heterocycles. The third-order valence-electron chi connectivity index (χ3n) is 5.19. The van der Waals surface area contributed by atoms with Crippen molar-refractivity contribution in [1.29, 1.82) is 0 Å². The number of carbonyl (C=O) groups excluding carboxylic acids is 1. The molecule has 2 rings (SSSR count). The zero-order valence-electron chi connectivity index (χ0n) is 18.9. The molecule has 1 amide bonds. The van der Waals surface area contributed by atoms with Crippen LogP contribution in [0.5, 0.6) is 0 Å². The van der Waals surface area contributed by atoms with Gasteiger partial charge in [0.15, 0.2) is 0 Å². The molecule has 1 unspecified atom stereocenters. The highest BCUT2D eigenvalue weighted by Crippen LogP contribution is 2.32. The van der Waals surface area contributed by atoms with Crippen molar-refractivity contribution in [2.24, 2.45) is 10.9 Å². The van der Waals surface area contributed by atoms with Crippen molar-refractivity contribution in [3.63, 3.8) is 0 Å². The molecule has 1 aliphatic heterocycles. The van der Waals surface area contributed by atoms with Gasteiger partial charge in [-0.3, -0.25) is 4.79 Å². The smallest absolute Gasteiger partial charge is 0.204 e. The molecule has 0 fully saturated rings. The Labute approximate surface area is 186 Å². The van der Waals surface area contributed by atoms with Gasteiger partial charge in [0.2, 0.25) is 6.41 Å². The van der Waals surface area contributed by atoms with E-state index in [0.29, 0.717) is 6.42 Å². The maximum atomic E-state index is 9.84. The number of nitrogens with two attached hydrogens (primary N) is 1. The van der Waals surface area contributed by atoms with Gasteiger partial charge in [0, 0.05) is 19.3 Å². The predicted octanol–water partition coefficient (Wildman–Crippen LogP) is 4.15. The Hall–Kier alpha value is -3.04. The molecule has 4 N–H and O–H groups in total. The number of hydrogen-bond acceptors (Lipinski definition) is 5. The first-order valence-electron chi connectivity index (χ1n) is 10.6. The van der Waals surface area contributed by atoms with Gasteiger partial charge in [0.25, 0.3) is 0 Å². The summed E-state index contributed by atoms with van der Waals surface area (Å²) in [5.74, 6) is 2.80. The quantitative estimate of drug-likeness (QED) is 0.172. The molecule has 0 radical (unpaired) electrons. The van der Waals surface area contributed by atoms with Gasteiger partial charge in [-0.1, -0.05) is 48.0 Å². The topological polar surface area (TPSA) is 96.9 Å². The van der Waals surface area contributed by atoms with Crippen molar-refractivity contribution in [3.8, 4) is 12.3 Å². The number of oxime groups is 1. The highest BCUT2D eigenvalue weighted by Gasteiger charge is 2.37. The Morgan fingerprint density at radius 2 is 2.06 bits per heavy atom. The average Bonchev–Trinajstić information content (AvgIpc) is 3.19. The number of aliphatic hydroxyl groups excluding tert-OH is 1.